The number of nitrogens with one attached hydrogen (secondary N) is 1. The van der Waals surface area contributed by atoms with Gasteiger partial charge in [0.25, 0.3) is 0 Å². The molecule has 0 aromatic rings. The van der Waals surface area contributed by atoms with Gasteiger partial charge in [-0.25, -0.2) is 4.79 Å². The van der Waals surface area contributed by atoms with Gasteiger partial charge in [0.2, 0.25) is 0 Å². The van der Waals surface area contributed by atoms with Crippen molar-refractivity contribution in [3.63, 3.8) is 0 Å². The minimum Gasteiger partial charge on any atom is -0.449 e. The van der Waals surface area contributed by atoms with Gasteiger partial charge >= 0.3 is 6.09 Å². The lowest BCUT2D eigenvalue weighted by molar-refractivity contribution is -0.0908. The standard InChI is InChI=1S/C13H24N2O3/c1-2-3-7-17-13(16)15-9-12(10-15)18-11-5-4-6-14-8-11/h11-12,14H,2-10H2,1H3. The molecule has 0 aromatic heterocycles. The fourth-order valence-corrected chi connectivity index (χ4v) is 2.28. The van der Waals surface area contributed by atoms with E-state index in [1.807, 2.05) is 0 Å². The zero-order chi connectivity index (χ0) is 12.8. The third-order valence-electron chi connectivity index (χ3n) is 3.47. The van der Waals surface area contributed by atoms with Crippen molar-refractivity contribution in [1.82, 2.24) is 10.2 Å². The molecule has 0 bridgehead atoms. The number of hydrogen-bond acceptors (Lipinski definition) is 4. The van der Waals surface area contributed by atoms with Crippen LogP contribution in [0.4, 0.5) is 4.79 Å². The molecule has 0 radical (unpaired) electrons. The normalized spacial score (nSPS) is 24.7. The van der Waals surface area contributed by atoms with Gasteiger partial charge < -0.3 is 19.7 Å². The van der Waals surface area contributed by atoms with Crippen molar-refractivity contribution in [1.29, 1.82) is 0 Å². The molecule has 2 heterocycles. The smallest absolute Gasteiger partial charge is 0.409 e. The van der Waals surface area contributed by atoms with E-state index in [-0.39, 0.29) is 12.2 Å². The van der Waals surface area contributed by atoms with Crippen LogP contribution in [0.1, 0.15) is 32.6 Å². The molecular weight excluding hydrogens is 232 g/mol. The highest BCUT2D eigenvalue weighted by Gasteiger charge is 2.34. The summed E-state index contributed by atoms with van der Waals surface area (Å²) in [6.45, 7) is 6.02. The minimum absolute atomic E-state index is 0.190. The van der Waals surface area contributed by atoms with Crippen LogP contribution in [-0.4, -0.2) is 56.0 Å². The molecule has 5 nitrogen and oxygen atoms in total. The maximum absolute atomic E-state index is 11.6. The van der Waals surface area contributed by atoms with Crippen molar-refractivity contribution in [2.75, 3.05) is 32.8 Å². The first-order valence-electron chi connectivity index (χ1n) is 7.07. The molecule has 0 aliphatic carbocycles. The maximum Gasteiger partial charge on any atom is 0.409 e. The van der Waals surface area contributed by atoms with Gasteiger partial charge in [-0.15, -0.1) is 0 Å². The van der Waals surface area contributed by atoms with Gasteiger partial charge in [0.05, 0.1) is 31.9 Å². The third kappa shape index (κ3) is 3.85. The van der Waals surface area contributed by atoms with Crippen molar-refractivity contribution < 1.29 is 14.3 Å². The number of likely N-dealkylation sites (tertiary alicyclic amines) is 1. The van der Waals surface area contributed by atoms with Crippen LogP contribution >= 0.6 is 0 Å². The van der Waals surface area contributed by atoms with Gasteiger partial charge in [0.15, 0.2) is 0 Å². The number of hydrogen-bond donors (Lipinski definition) is 1. The molecule has 0 saturated carbocycles. The number of rotatable bonds is 5. The predicted octanol–water partition coefficient (Wildman–Crippen LogP) is 1.38. The van der Waals surface area contributed by atoms with E-state index in [1.54, 1.807) is 4.90 Å². The molecule has 2 rings (SSSR count). The highest BCUT2D eigenvalue weighted by atomic mass is 16.6. The number of nitrogens with zero attached hydrogens (tertiary/aromatic N) is 1. The number of ether oxygens (including phenoxy) is 2. The van der Waals surface area contributed by atoms with E-state index in [0.29, 0.717) is 25.8 Å². The second-order valence-corrected chi connectivity index (χ2v) is 5.10. The maximum atomic E-state index is 11.6. The Kier molecular flexibility index (Phi) is 5.26. The summed E-state index contributed by atoms with van der Waals surface area (Å²) in [5.74, 6) is 0. The molecule has 2 saturated heterocycles. The van der Waals surface area contributed by atoms with Crippen LogP contribution in [0.5, 0.6) is 0 Å². The summed E-state index contributed by atoms with van der Waals surface area (Å²) < 4.78 is 11.1. The quantitative estimate of drug-likeness (QED) is 0.755. The summed E-state index contributed by atoms with van der Waals surface area (Å²) >= 11 is 0. The molecule has 2 fully saturated rings. The highest BCUT2D eigenvalue weighted by molar-refractivity contribution is 5.68. The Bertz CT molecular complexity index is 261. The van der Waals surface area contributed by atoms with Crippen LogP contribution < -0.4 is 5.32 Å². The predicted molar refractivity (Wildman–Crippen MR) is 68.6 cm³/mol. The molecular formula is C13H24N2O3. The highest BCUT2D eigenvalue weighted by Crippen LogP contribution is 2.17. The summed E-state index contributed by atoms with van der Waals surface area (Å²) in [6, 6.07) is 0. The van der Waals surface area contributed by atoms with Gasteiger partial charge in [0, 0.05) is 6.54 Å². The van der Waals surface area contributed by atoms with E-state index in [1.165, 1.54) is 6.42 Å². The number of amides is 1. The van der Waals surface area contributed by atoms with E-state index in [0.717, 1.165) is 32.4 Å². The molecule has 18 heavy (non-hydrogen) atoms. The fraction of sp³-hybridized carbons (Fsp3) is 0.923. The number of piperidine rings is 1. The molecule has 2 aliphatic heterocycles. The van der Waals surface area contributed by atoms with Gasteiger partial charge in [-0.2, -0.15) is 0 Å². The zero-order valence-electron chi connectivity index (χ0n) is 11.2. The number of carbonyl (C=O) groups is 1. The largest absolute Gasteiger partial charge is 0.449 e. The lowest BCUT2D eigenvalue weighted by Gasteiger charge is -2.40. The lowest BCUT2D eigenvalue weighted by atomic mass is 10.1. The Morgan fingerprint density at radius 2 is 2.22 bits per heavy atom. The molecule has 104 valence electrons. The fourth-order valence-electron chi connectivity index (χ4n) is 2.28. The van der Waals surface area contributed by atoms with Crippen molar-refractivity contribution in [3.05, 3.63) is 0 Å². The Morgan fingerprint density at radius 3 is 2.89 bits per heavy atom. The van der Waals surface area contributed by atoms with Gasteiger partial charge in [0.1, 0.15) is 0 Å². The van der Waals surface area contributed by atoms with Gasteiger partial charge in [-0.1, -0.05) is 13.3 Å². The Labute approximate surface area is 109 Å². The average Bonchev–Trinajstić information content (AvgIpc) is 2.34. The van der Waals surface area contributed by atoms with Crippen LogP contribution in [0.2, 0.25) is 0 Å². The molecule has 0 spiro atoms. The molecule has 1 unspecified atom stereocenters. The first-order valence-corrected chi connectivity index (χ1v) is 7.07. The molecule has 1 atom stereocenters. The number of unbranched alkanes of at least 4 members (excludes halogenated alkanes) is 1. The molecule has 0 aromatic carbocycles. The summed E-state index contributed by atoms with van der Waals surface area (Å²) in [6.07, 6.45) is 4.63. The van der Waals surface area contributed by atoms with Crippen LogP contribution in [0.25, 0.3) is 0 Å². The van der Waals surface area contributed by atoms with E-state index in [4.69, 9.17) is 9.47 Å². The number of carbonyl (C=O) groups excluding carboxylic acids is 1. The van der Waals surface area contributed by atoms with Crippen molar-refractivity contribution in [3.8, 4) is 0 Å². The molecule has 1 N–H and O–H groups in total. The van der Waals surface area contributed by atoms with Crippen molar-refractivity contribution in [2.24, 2.45) is 0 Å². The topological polar surface area (TPSA) is 50.8 Å². The van der Waals surface area contributed by atoms with Gasteiger partial charge in [-0.05, 0) is 25.8 Å². The summed E-state index contributed by atoms with van der Waals surface area (Å²) in [7, 11) is 0. The minimum atomic E-state index is -0.190. The Hall–Kier alpha value is -0.810. The molecule has 1 amide bonds. The lowest BCUT2D eigenvalue weighted by Crippen LogP contribution is -2.56. The average molecular weight is 256 g/mol. The van der Waals surface area contributed by atoms with Crippen molar-refractivity contribution in [2.45, 2.75) is 44.8 Å². The monoisotopic (exact) mass is 256 g/mol. The van der Waals surface area contributed by atoms with E-state index < -0.39 is 0 Å². The zero-order valence-corrected chi connectivity index (χ0v) is 11.2. The summed E-state index contributed by atoms with van der Waals surface area (Å²) in [5.41, 5.74) is 0. The van der Waals surface area contributed by atoms with Crippen LogP contribution in [0, 0.1) is 0 Å². The van der Waals surface area contributed by atoms with E-state index in [9.17, 15) is 4.79 Å². The summed E-state index contributed by atoms with van der Waals surface area (Å²) in [4.78, 5) is 13.3. The Balaban J connectivity index is 1.56. The van der Waals surface area contributed by atoms with E-state index >= 15 is 0 Å². The van der Waals surface area contributed by atoms with Crippen LogP contribution in [0.3, 0.4) is 0 Å². The SMILES string of the molecule is CCCCOC(=O)N1CC(OC2CCCNC2)C1. The Morgan fingerprint density at radius 1 is 1.39 bits per heavy atom. The summed E-state index contributed by atoms with van der Waals surface area (Å²) in [5, 5.41) is 3.33. The first kappa shape index (κ1) is 13.6. The van der Waals surface area contributed by atoms with E-state index in [2.05, 4.69) is 12.2 Å². The second-order valence-electron chi connectivity index (χ2n) is 5.10. The molecule has 5 heteroatoms. The van der Waals surface area contributed by atoms with Crippen LogP contribution in [0.15, 0.2) is 0 Å². The first-order chi connectivity index (χ1) is 8.79. The second kappa shape index (κ2) is 6.95. The van der Waals surface area contributed by atoms with Gasteiger partial charge in [-0.3, -0.25) is 0 Å². The molecule has 2 aliphatic rings. The van der Waals surface area contributed by atoms with Crippen molar-refractivity contribution >= 4 is 6.09 Å². The third-order valence-corrected chi connectivity index (χ3v) is 3.47. The van der Waals surface area contributed by atoms with Crippen LogP contribution in [-0.2, 0) is 9.47 Å².